The molecule has 6 heteroatoms. The number of hydrogen-bond donors (Lipinski definition) is 2. The standard InChI is InChI=1S/C19H19IN4O/c1-19(2,21)16-8-3-13(9-17(16)20)10-23-24-15-6-4-14(5-7-15)18-11-22-12-25-18/h3-12,24H,21H2,1-2H3/b23-10+. The Hall–Kier alpha value is -2.19. The molecule has 25 heavy (non-hydrogen) atoms. The van der Waals surface area contributed by atoms with E-state index in [4.69, 9.17) is 10.2 Å². The summed E-state index contributed by atoms with van der Waals surface area (Å²) in [5.41, 5.74) is 12.9. The van der Waals surface area contributed by atoms with Crippen molar-refractivity contribution in [3.63, 3.8) is 0 Å². The van der Waals surface area contributed by atoms with Crippen LogP contribution in [-0.2, 0) is 5.54 Å². The number of rotatable bonds is 5. The predicted octanol–water partition coefficient (Wildman–Crippen LogP) is 4.59. The second-order valence-corrected chi connectivity index (χ2v) is 7.44. The van der Waals surface area contributed by atoms with Gasteiger partial charge in [0, 0.05) is 14.7 Å². The molecule has 0 saturated carbocycles. The molecule has 0 saturated heterocycles. The minimum Gasteiger partial charge on any atom is -0.444 e. The minimum atomic E-state index is -0.351. The van der Waals surface area contributed by atoms with Gasteiger partial charge < -0.3 is 10.2 Å². The van der Waals surface area contributed by atoms with Crippen molar-refractivity contribution in [3.8, 4) is 11.3 Å². The third kappa shape index (κ3) is 4.46. The number of hydrazone groups is 1. The number of hydrogen-bond acceptors (Lipinski definition) is 5. The molecule has 128 valence electrons. The fourth-order valence-corrected chi connectivity index (χ4v) is 3.62. The second-order valence-electron chi connectivity index (χ2n) is 6.27. The van der Waals surface area contributed by atoms with Gasteiger partial charge in [-0.3, -0.25) is 5.43 Å². The normalized spacial score (nSPS) is 11.8. The van der Waals surface area contributed by atoms with Crippen molar-refractivity contribution in [1.82, 2.24) is 4.98 Å². The van der Waals surface area contributed by atoms with Gasteiger partial charge in [-0.15, -0.1) is 0 Å². The molecule has 0 unspecified atom stereocenters. The first-order valence-electron chi connectivity index (χ1n) is 7.80. The molecule has 0 aliphatic carbocycles. The van der Waals surface area contributed by atoms with E-state index in [2.05, 4.69) is 50.2 Å². The van der Waals surface area contributed by atoms with E-state index in [1.807, 2.05) is 44.2 Å². The highest BCUT2D eigenvalue weighted by Crippen LogP contribution is 2.24. The van der Waals surface area contributed by atoms with Gasteiger partial charge >= 0.3 is 0 Å². The van der Waals surface area contributed by atoms with Crippen LogP contribution in [-0.4, -0.2) is 11.2 Å². The van der Waals surface area contributed by atoms with Crippen molar-refractivity contribution in [2.24, 2.45) is 10.8 Å². The molecule has 2 aromatic carbocycles. The number of nitrogens with one attached hydrogen (secondary N) is 1. The van der Waals surface area contributed by atoms with Gasteiger partial charge in [0.15, 0.2) is 12.2 Å². The van der Waals surface area contributed by atoms with Crippen LogP contribution in [0.3, 0.4) is 0 Å². The first-order chi connectivity index (χ1) is 11.9. The Bertz CT molecular complexity index is 865. The Morgan fingerprint density at radius 1 is 1.20 bits per heavy atom. The van der Waals surface area contributed by atoms with Crippen molar-refractivity contribution in [3.05, 3.63) is 69.8 Å². The van der Waals surface area contributed by atoms with E-state index in [1.165, 1.54) is 6.39 Å². The summed E-state index contributed by atoms with van der Waals surface area (Å²) in [5, 5.41) is 4.29. The van der Waals surface area contributed by atoms with Gasteiger partial charge in [-0.25, -0.2) is 4.98 Å². The van der Waals surface area contributed by atoms with Crippen LogP contribution in [0.5, 0.6) is 0 Å². The van der Waals surface area contributed by atoms with Gasteiger partial charge in [0.05, 0.1) is 18.1 Å². The second kappa shape index (κ2) is 7.37. The zero-order valence-corrected chi connectivity index (χ0v) is 16.2. The number of anilines is 1. The molecule has 1 aromatic heterocycles. The van der Waals surface area contributed by atoms with Gasteiger partial charge in [0.25, 0.3) is 0 Å². The molecule has 3 rings (SSSR count). The maximum atomic E-state index is 6.17. The molecule has 0 aliphatic rings. The molecule has 1 heterocycles. The third-order valence-electron chi connectivity index (χ3n) is 3.70. The Kier molecular flexibility index (Phi) is 5.19. The lowest BCUT2D eigenvalue weighted by molar-refractivity contribution is 0.551. The monoisotopic (exact) mass is 446 g/mol. The van der Waals surface area contributed by atoms with E-state index in [9.17, 15) is 0 Å². The molecule has 0 amide bonds. The SMILES string of the molecule is CC(C)(N)c1ccc(/C=N/Nc2ccc(-c3cnco3)cc2)cc1I. The Morgan fingerprint density at radius 3 is 2.56 bits per heavy atom. The van der Waals surface area contributed by atoms with E-state index < -0.39 is 0 Å². The van der Waals surface area contributed by atoms with E-state index in [1.54, 1.807) is 12.4 Å². The zero-order chi connectivity index (χ0) is 17.9. The summed E-state index contributed by atoms with van der Waals surface area (Å²) in [6.07, 6.45) is 4.90. The summed E-state index contributed by atoms with van der Waals surface area (Å²) >= 11 is 2.31. The zero-order valence-electron chi connectivity index (χ0n) is 14.0. The average molecular weight is 446 g/mol. The average Bonchev–Trinajstić information content (AvgIpc) is 3.09. The van der Waals surface area contributed by atoms with Crippen LogP contribution in [0.1, 0.15) is 25.0 Å². The van der Waals surface area contributed by atoms with Crippen LogP contribution in [0, 0.1) is 3.57 Å². The quantitative estimate of drug-likeness (QED) is 0.342. The molecule has 0 bridgehead atoms. The van der Waals surface area contributed by atoms with Crippen LogP contribution >= 0.6 is 22.6 Å². The number of nitrogens with two attached hydrogens (primary N) is 1. The molecule has 0 fully saturated rings. The Labute approximate surface area is 160 Å². The third-order valence-corrected chi connectivity index (χ3v) is 4.59. The summed E-state index contributed by atoms with van der Waals surface area (Å²) in [6, 6.07) is 13.9. The summed E-state index contributed by atoms with van der Waals surface area (Å²) in [4.78, 5) is 3.92. The first-order valence-corrected chi connectivity index (χ1v) is 8.88. The van der Waals surface area contributed by atoms with Crippen LogP contribution in [0.4, 0.5) is 5.69 Å². The molecule has 0 spiro atoms. The summed E-state index contributed by atoms with van der Waals surface area (Å²) in [6.45, 7) is 4.00. The fraction of sp³-hybridized carbons (Fsp3) is 0.158. The Morgan fingerprint density at radius 2 is 1.96 bits per heavy atom. The molecule has 3 aromatic rings. The van der Waals surface area contributed by atoms with Crippen molar-refractivity contribution >= 4 is 34.5 Å². The van der Waals surface area contributed by atoms with Gasteiger partial charge in [0.2, 0.25) is 0 Å². The lowest BCUT2D eigenvalue weighted by Crippen LogP contribution is -2.29. The highest BCUT2D eigenvalue weighted by atomic mass is 127. The smallest absolute Gasteiger partial charge is 0.181 e. The highest BCUT2D eigenvalue weighted by Gasteiger charge is 2.17. The molecular weight excluding hydrogens is 427 g/mol. The van der Waals surface area contributed by atoms with Gasteiger partial charge in [0.1, 0.15) is 0 Å². The van der Waals surface area contributed by atoms with Crippen molar-refractivity contribution in [1.29, 1.82) is 0 Å². The predicted molar refractivity (Wildman–Crippen MR) is 110 cm³/mol. The van der Waals surface area contributed by atoms with Crippen molar-refractivity contribution in [2.45, 2.75) is 19.4 Å². The van der Waals surface area contributed by atoms with E-state index in [-0.39, 0.29) is 5.54 Å². The fourth-order valence-electron chi connectivity index (χ4n) is 2.38. The van der Waals surface area contributed by atoms with Gasteiger partial charge in [-0.05, 0) is 77.9 Å². The largest absolute Gasteiger partial charge is 0.444 e. The molecule has 0 radical (unpaired) electrons. The lowest BCUT2D eigenvalue weighted by Gasteiger charge is -2.21. The minimum absolute atomic E-state index is 0.351. The molecule has 0 atom stereocenters. The number of benzene rings is 2. The molecule has 5 nitrogen and oxygen atoms in total. The number of aromatic nitrogens is 1. The number of oxazole rings is 1. The topological polar surface area (TPSA) is 76.4 Å². The molecular formula is C19H19IN4O. The van der Waals surface area contributed by atoms with Crippen molar-refractivity contribution < 1.29 is 4.42 Å². The number of halogens is 1. The molecule has 0 aliphatic heterocycles. The van der Waals surface area contributed by atoms with Crippen LogP contribution in [0.25, 0.3) is 11.3 Å². The maximum absolute atomic E-state index is 6.17. The van der Waals surface area contributed by atoms with Gasteiger partial charge in [-0.2, -0.15) is 5.10 Å². The van der Waals surface area contributed by atoms with Crippen LogP contribution < -0.4 is 11.2 Å². The Balaban J connectivity index is 1.66. The summed E-state index contributed by atoms with van der Waals surface area (Å²) < 4.78 is 6.40. The van der Waals surface area contributed by atoms with Crippen LogP contribution in [0.2, 0.25) is 0 Å². The lowest BCUT2D eigenvalue weighted by atomic mass is 9.95. The molecule has 3 N–H and O–H groups in total. The summed E-state index contributed by atoms with van der Waals surface area (Å²) in [5.74, 6) is 0.743. The highest BCUT2D eigenvalue weighted by molar-refractivity contribution is 14.1. The maximum Gasteiger partial charge on any atom is 0.181 e. The first kappa shape index (κ1) is 17.6. The van der Waals surface area contributed by atoms with E-state index >= 15 is 0 Å². The van der Waals surface area contributed by atoms with E-state index in [0.717, 1.165) is 31.7 Å². The number of nitrogens with zero attached hydrogens (tertiary/aromatic N) is 2. The van der Waals surface area contributed by atoms with Crippen molar-refractivity contribution in [2.75, 3.05) is 5.43 Å². The summed E-state index contributed by atoms with van der Waals surface area (Å²) in [7, 11) is 0. The van der Waals surface area contributed by atoms with E-state index in [0.29, 0.717) is 0 Å². The van der Waals surface area contributed by atoms with Crippen LogP contribution in [0.15, 0.2) is 64.6 Å². The van der Waals surface area contributed by atoms with Gasteiger partial charge in [-0.1, -0.05) is 12.1 Å².